The molecule has 2 rings (SSSR count). The van der Waals surface area contributed by atoms with Crippen molar-refractivity contribution < 1.29 is 10.0 Å². The molecule has 1 aliphatic rings. The number of phenols is 1. The van der Waals surface area contributed by atoms with E-state index in [0.717, 1.165) is 31.8 Å². The SMILES string of the molecule is C=C(C)C[C@H](c1cc(O)ccc1[N+](=O)[O-])N1CCNCC1. The summed E-state index contributed by atoms with van der Waals surface area (Å²) in [6.45, 7) is 9.23. The summed E-state index contributed by atoms with van der Waals surface area (Å²) in [6.07, 6.45) is 0.643. The number of aromatic hydroxyl groups is 1. The van der Waals surface area contributed by atoms with E-state index in [1.54, 1.807) is 0 Å². The molecule has 0 aliphatic carbocycles. The fourth-order valence-corrected chi connectivity index (χ4v) is 2.73. The Balaban J connectivity index is 2.41. The van der Waals surface area contributed by atoms with E-state index < -0.39 is 0 Å². The first kappa shape index (κ1) is 15.5. The monoisotopic (exact) mass is 291 g/mol. The highest BCUT2D eigenvalue weighted by Gasteiger charge is 2.28. The van der Waals surface area contributed by atoms with Crippen molar-refractivity contribution in [2.45, 2.75) is 19.4 Å². The summed E-state index contributed by atoms with van der Waals surface area (Å²) < 4.78 is 0. The number of nitro groups is 1. The molecule has 0 aromatic heterocycles. The van der Waals surface area contributed by atoms with Gasteiger partial charge in [-0.05, 0) is 25.5 Å². The lowest BCUT2D eigenvalue weighted by molar-refractivity contribution is -0.386. The Hall–Kier alpha value is -1.92. The van der Waals surface area contributed by atoms with Gasteiger partial charge in [0.1, 0.15) is 5.75 Å². The van der Waals surface area contributed by atoms with Gasteiger partial charge in [-0.3, -0.25) is 15.0 Å². The van der Waals surface area contributed by atoms with Crippen molar-refractivity contribution in [3.63, 3.8) is 0 Å². The highest BCUT2D eigenvalue weighted by atomic mass is 16.6. The van der Waals surface area contributed by atoms with Crippen molar-refractivity contribution >= 4 is 5.69 Å². The van der Waals surface area contributed by atoms with Crippen LogP contribution in [0.1, 0.15) is 24.9 Å². The maximum Gasteiger partial charge on any atom is 0.274 e. The van der Waals surface area contributed by atoms with Crippen LogP contribution in [0.3, 0.4) is 0 Å². The highest BCUT2D eigenvalue weighted by molar-refractivity contribution is 5.47. The van der Waals surface area contributed by atoms with Crippen molar-refractivity contribution in [1.82, 2.24) is 10.2 Å². The van der Waals surface area contributed by atoms with E-state index in [1.807, 2.05) is 6.92 Å². The smallest absolute Gasteiger partial charge is 0.274 e. The quantitative estimate of drug-likeness (QED) is 0.494. The number of nitrogens with zero attached hydrogens (tertiary/aromatic N) is 2. The molecule has 1 fully saturated rings. The second-order valence-electron chi connectivity index (χ2n) is 5.46. The minimum atomic E-state index is -0.387. The lowest BCUT2D eigenvalue weighted by Crippen LogP contribution is -2.45. The fourth-order valence-electron chi connectivity index (χ4n) is 2.73. The van der Waals surface area contributed by atoms with Gasteiger partial charge < -0.3 is 10.4 Å². The average molecular weight is 291 g/mol. The number of hydrogen-bond donors (Lipinski definition) is 2. The molecule has 2 N–H and O–H groups in total. The first-order valence-electron chi connectivity index (χ1n) is 7.05. The molecule has 1 atom stereocenters. The van der Waals surface area contributed by atoms with Crippen LogP contribution in [0, 0.1) is 10.1 Å². The van der Waals surface area contributed by atoms with E-state index in [-0.39, 0.29) is 22.4 Å². The molecular weight excluding hydrogens is 270 g/mol. The van der Waals surface area contributed by atoms with Crippen molar-refractivity contribution in [1.29, 1.82) is 0 Å². The largest absolute Gasteiger partial charge is 0.508 e. The average Bonchev–Trinajstić information content (AvgIpc) is 2.45. The van der Waals surface area contributed by atoms with E-state index in [4.69, 9.17) is 0 Å². The third-order valence-corrected chi connectivity index (χ3v) is 3.70. The summed E-state index contributed by atoms with van der Waals surface area (Å²) in [5.41, 5.74) is 1.58. The third kappa shape index (κ3) is 3.80. The Morgan fingerprint density at radius 1 is 1.52 bits per heavy atom. The van der Waals surface area contributed by atoms with Crippen LogP contribution in [0.5, 0.6) is 5.75 Å². The minimum Gasteiger partial charge on any atom is -0.508 e. The van der Waals surface area contributed by atoms with E-state index in [0.29, 0.717) is 12.0 Å². The summed E-state index contributed by atoms with van der Waals surface area (Å²) >= 11 is 0. The van der Waals surface area contributed by atoms with E-state index >= 15 is 0 Å². The maximum absolute atomic E-state index is 11.3. The topological polar surface area (TPSA) is 78.6 Å². The van der Waals surface area contributed by atoms with Crippen molar-refractivity contribution in [2.24, 2.45) is 0 Å². The molecule has 1 aromatic rings. The summed E-state index contributed by atoms with van der Waals surface area (Å²) in [7, 11) is 0. The number of nitro benzene ring substituents is 1. The number of phenolic OH excluding ortho intramolecular Hbond substituents is 1. The van der Waals surface area contributed by atoms with Gasteiger partial charge in [0, 0.05) is 38.3 Å². The van der Waals surface area contributed by atoms with Crippen LogP contribution in [0.15, 0.2) is 30.4 Å². The summed E-state index contributed by atoms with van der Waals surface area (Å²) in [4.78, 5) is 13.1. The molecular formula is C15H21N3O3. The Kier molecular flexibility index (Phi) is 4.93. The van der Waals surface area contributed by atoms with Gasteiger partial charge in [0.2, 0.25) is 0 Å². The predicted octanol–water partition coefficient (Wildman–Crippen LogP) is 2.21. The van der Waals surface area contributed by atoms with E-state index in [9.17, 15) is 15.2 Å². The summed E-state index contributed by atoms with van der Waals surface area (Å²) in [5.74, 6) is 0.0532. The maximum atomic E-state index is 11.3. The molecule has 0 unspecified atom stereocenters. The first-order chi connectivity index (χ1) is 9.99. The number of piperazine rings is 1. The molecule has 0 radical (unpaired) electrons. The minimum absolute atomic E-state index is 0.0532. The zero-order chi connectivity index (χ0) is 15.4. The molecule has 21 heavy (non-hydrogen) atoms. The second kappa shape index (κ2) is 6.69. The first-order valence-corrected chi connectivity index (χ1v) is 7.05. The van der Waals surface area contributed by atoms with Crippen molar-refractivity contribution in [3.8, 4) is 5.75 Å². The van der Waals surface area contributed by atoms with Gasteiger partial charge in [0.05, 0.1) is 10.5 Å². The molecule has 0 amide bonds. The lowest BCUT2D eigenvalue weighted by atomic mass is 9.96. The van der Waals surface area contributed by atoms with Gasteiger partial charge in [0.25, 0.3) is 5.69 Å². The second-order valence-corrected chi connectivity index (χ2v) is 5.46. The van der Waals surface area contributed by atoms with Crippen LogP contribution in [-0.4, -0.2) is 41.1 Å². The molecule has 1 saturated heterocycles. The molecule has 114 valence electrons. The molecule has 0 spiro atoms. The molecule has 6 nitrogen and oxygen atoms in total. The molecule has 0 saturated carbocycles. The van der Waals surface area contributed by atoms with E-state index in [1.165, 1.54) is 18.2 Å². The van der Waals surface area contributed by atoms with Crippen LogP contribution >= 0.6 is 0 Å². The Morgan fingerprint density at radius 3 is 2.76 bits per heavy atom. The predicted molar refractivity (Wildman–Crippen MR) is 81.4 cm³/mol. The van der Waals surface area contributed by atoms with Crippen LogP contribution in [0.25, 0.3) is 0 Å². The Bertz CT molecular complexity index is 539. The lowest BCUT2D eigenvalue weighted by Gasteiger charge is -2.35. The molecule has 1 heterocycles. The standard InChI is InChI=1S/C15H21N3O3/c1-11(2)9-15(17-7-5-16-6-8-17)13-10-12(19)3-4-14(13)18(20)21/h3-4,10,15-16,19H,1,5-9H2,2H3/t15-/m1/s1. The van der Waals surface area contributed by atoms with Crippen LogP contribution in [0.4, 0.5) is 5.69 Å². The summed E-state index contributed by atoms with van der Waals surface area (Å²) in [5, 5.41) is 24.3. The van der Waals surface area contributed by atoms with Gasteiger partial charge >= 0.3 is 0 Å². The van der Waals surface area contributed by atoms with Crippen molar-refractivity contribution in [2.75, 3.05) is 26.2 Å². The zero-order valence-electron chi connectivity index (χ0n) is 12.2. The Labute approximate surface area is 124 Å². The van der Waals surface area contributed by atoms with Gasteiger partial charge in [-0.25, -0.2) is 0 Å². The number of hydrogen-bond acceptors (Lipinski definition) is 5. The van der Waals surface area contributed by atoms with Gasteiger partial charge in [-0.1, -0.05) is 5.57 Å². The fraction of sp³-hybridized carbons (Fsp3) is 0.467. The van der Waals surface area contributed by atoms with Crippen molar-refractivity contribution in [3.05, 3.63) is 46.0 Å². The van der Waals surface area contributed by atoms with E-state index in [2.05, 4.69) is 16.8 Å². The van der Waals surface area contributed by atoms with Gasteiger partial charge in [0.15, 0.2) is 0 Å². The Morgan fingerprint density at radius 2 is 2.19 bits per heavy atom. The zero-order valence-corrected chi connectivity index (χ0v) is 12.2. The van der Waals surface area contributed by atoms with Crippen LogP contribution < -0.4 is 5.32 Å². The number of rotatable bonds is 5. The van der Waals surface area contributed by atoms with Crippen LogP contribution in [0.2, 0.25) is 0 Å². The molecule has 1 aliphatic heterocycles. The van der Waals surface area contributed by atoms with Crippen LogP contribution in [-0.2, 0) is 0 Å². The molecule has 0 bridgehead atoms. The van der Waals surface area contributed by atoms with Gasteiger partial charge in [-0.2, -0.15) is 0 Å². The third-order valence-electron chi connectivity index (χ3n) is 3.70. The molecule has 1 aromatic carbocycles. The number of nitrogens with one attached hydrogen (secondary N) is 1. The number of benzene rings is 1. The summed E-state index contributed by atoms with van der Waals surface area (Å²) in [6, 6.07) is 4.11. The highest BCUT2D eigenvalue weighted by Crippen LogP contribution is 2.35. The molecule has 6 heteroatoms. The van der Waals surface area contributed by atoms with Gasteiger partial charge in [-0.15, -0.1) is 6.58 Å². The normalized spacial score (nSPS) is 17.4.